The SMILES string of the molecule is CNC(=O)c1c(C)cncc1B1OC(C)(C)C(C)(C)O1. The predicted octanol–water partition coefficient (Wildman–Crippen LogP) is 1.05. The third kappa shape index (κ3) is 2.34. The van der Waals surface area contributed by atoms with Gasteiger partial charge in [0.1, 0.15) is 0 Å². The van der Waals surface area contributed by atoms with Crippen LogP contribution in [0.1, 0.15) is 43.6 Å². The fourth-order valence-corrected chi connectivity index (χ4v) is 2.17. The van der Waals surface area contributed by atoms with Crippen LogP contribution in [-0.4, -0.2) is 36.3 Å². The number of aromatic nitrogens is 1. The molecule has 0 radical (unpaired) electrons. The van der Waals surface area contributed by atoms with Crippen LogP contribution in [0.3, 0.4) is 0 Å². The van der Waals surface area contributed by atoms with Crippen LogP contribution < -0.4 is 10.8 Å². The van der Waals surface area contributed by atoms with Crippen LogP contribution in [0, 0.1) is 6.92 Å². The van der Waals surface area contributed by atoms with Crippen molar-refractivity contribution in [3.8, 4) is 0 Å². The van der Waals surface area contributed by atoms with Crippen molar-refractivity contribution >= 4 is 18.5 Å². The van der Waals surface area contributed by atoms with Crippen LogP contribution in [0.25, 0.3) is 0 Å². The molecule has 6 heteroatoms. The maximum atomic E-state index is 12.1. The van der Waals surface area contributed by atoms with Gasteiger partial charge in [0.05, 0.1) is 11.2 Å². The normalized spacial score (nSPS) is 20.0. The van der Waals surface area contributed by atoms with Gasteiger partial charge in [-0.2, -0.15) is 0 Å². The van der Waals surface area contributed by atoms with Crippen molar-refractivity contribution in [3.05, 3.63) is 23.5 Å². The molecular formula is C14H21BN2O3. The van der Waals surface area contributed by atoms with Crippen molar-refractivity contribution in [3.63, 3.8) is 0 Å². The van der Waals surface area contributed by atoms with Crippen molar-refractivity contribution in [1.82, 2.24) is 10.3 Å². The minimum absolute atomic E-state index is 0.158. The molecule has 1 fully saturated rings. The Morgan fingerprint density at radius 1 is 1.20 bits per heavy atom. The first kappa shape index (κ1) is 15.0. The van der Waals surface area contributed by atoms with Gasteiger partial charge in [-0.1, -0.05) is 0 Å². The number of carbonyl (C=O) groups is 1. The summed E-state index contributed by atoms with van der Waals surface area (Å²) in [6.07, 6.45) is 3.30. The zero-order valence-electron chi connectivity index (χ0n) is 12.9. The molecule has 1 aliphatic rings. The van der Waals surface area contributed by atoms with Gasteiger partial charge in [-0.25, -0.2) is 0 Å². The molecule has 2 heterocycles. The van der Waals surface area contributed by atoms with Crippen LogP contribution in [0.5, 0.6) is 0 Å². The Morgan fingerprint density at radius 2 is 1.75 bits per heavy atom. The van der Waals surface area contributed by atoms with E-state index in [1.165, 1.54) is 0 Å². The molecule has 2 rings (SSSR count). The van der Waals surface area contributed by atoms with Crippen molar-refractivity contribution < 1.29 is 14.1 Å². The Morgan fingerprint density at radius 3 is 2.25 bits per heavy atom. The molecular weight excluding hydrogens is 255 g/mol. The van der Waals surface area contributed by atoms with Gasteiger partial charge in [0.15, 0.2) is 0 Å². The lowest BCUT2D eigenvalue weighted by Gasteiger charge is -2.32. The smallest absolute Gasteiger partial charge is 0.399 e. The molecule has 1 amide bonds. The highest BCUT2D eigenvalue weighted by Crippen LogP contribution is 2.36. The Balaban J connectivity index is 2.46. The van der Waals surface area contributed by atoms with E-state index in [0.717, 1.165) is 5.56 Å². The van der Waals surface area contributed by atoms with E-state index in [-0.39, 0.29) is 5.91 Å². The van der Waals surface area contributed by atoms with Crippen molar-refractivity contribution in [2.75, 3.05) is 7.05 Å². The van der Waals surface area contributed by atoms with Crippen LogP contribution in [0.15, 0.2) is 12.4 Å². The molecule has 0 aliphatic carbocycles. The van der Waals surface area contributed by atoms with E-state index in [4.69, 9.17) is 9.31 Å². The quantitative estimate of drug-likeness (QED) is 0.820. The topological polar surface area (TPSA) is 60.5 Å². The Bertz CT molecular complexity index is 527. The number of carbonyl (C=O) groups excluding carboxylic acids is 1. The summed E-state index contributed by atoms with van der Waals surface area (Å²) >= 11 is 0. The second-order valence-corrected chi connectivity index (χ2v) is 6.09. The van der Waals surface area contributed by atoms with Gasteiger partial charge in [0.25, 0.3) is 5.91 Å². The van der Waals surface area contributed by atoms with Gasteiger partial charge < -0.3 is 14.6 Å². The first-order valence-corrected chi connectivity index (χ1v) is 6.72. The lowest BCUT2D eigenvalue weighted by molar-refractivity contribution is 0.00578. The standard InChI is InChI=1S/C14H21BN2O3/c1-9-7-17-8-10(11(9)12(18)16-6)15-19-13(2,3)14(4,5)20-15/h7-8H,1-6H3,(H,16,18). The number of rotatable bonds is 2. The summed E-state index contributed by atoms with van der Waals surface area (Å²) < 4.78 is 12.0. The molecule has 0 aromatic carbocycles. The fourth-order valence-electron chi connectivity index (χ4n) is 2.17. The molecule has 20 heavy (non-hydrogen) atoms. The molecule has 1 N–H and O–H groups in total. The lowest BCUT2D eigenvalue weighted by atomic mass is 9.76. The third-order valence-corrected chi connectivity index (χ3v) is 4.13. The van der Waals surface area contributed by atoms with Gasteiger partial charge in [0, 0.05) is 30.5 Å². The fraction of sp³-hybridized carbons (Fsp3) is 0.571. The van der Waals surface area contributed by atoms with Crippen LogP contribution in [-0.2, 0) is 9.31 Å². The van der Waals surface area contributed by atoms with Gasteiger partial charge in [-0.05, 0) is 40.2 Å². The van der Waals surface area contributed by atoms with E-state index in [9.17, 15) is 4.79 Å². The summed E-state index contributed by atoms with van der Waals surface area (Å²) in [5.41, 5.74) is 1.16. The highest BCUT2D eigenvalue weighted by atomic mass is 16.7. The summed E-state index contributed by atoms with van der Waals surface area (Å²) in [5, 5.41) is 2.65. The van der Waals surface area contributed by atoms with Gasteiger partial charge >= 0.3 is 7.12 Å². The molecule has 1 aromatic heterocycles. The minimum Gasteiger partial charge on any atom is -0.399 e. The monoisotopic (exact) mass is 276 g/mol. The number of hydrogen-bond acceptors (Lipinski definition) is 4. The first-order valence-electron chi connectivity index (χ1n) is 6.72. The van der Waals surface area contributed by atoms with Crippen LogP contribution in [0.4, 0.5) is 0 Å². The number of nitrogens with zero attached hydrogens (tertiary/aromatic N) is 1. The molecule has 1 saturated heterocycles. The first-order chi connectivity index (χ1) is 9.19. The lowest BCUT2D eigenvalue weighted by Crippen LogP contribution is -2.41. The third-order valence-electron chi connectivity index (χ3n) is 4.13. The number of nitrogens with one attached hydrogen (secondary N) is 1. The Labute approximate surface area is 120 Å². The molecule has 1 aromatic rings. The van der Waals surface area contributed by atoms with Gasteiger partial charge in [-0.15, -0.1) is 0 Å². The van der Waals surface area contributed by atoms with Crippen LogP contribution >= 0.6 is 0 Å². The average molecular weight is 276 g/mol. The number of hydrogen-bond donors (Lipinski definition) is 1. The summed E-state index contributed by atoms with van der Waals surface area (Å²) in [4.78, 5) is 16.2. The molecule has 0 bridgehead atoms. The van der Waals surface area contributed by atoms with Crippen molar-refractivity contribution in [1.29, 1.82) is 0 Å². The van der Waals surface area contributed by atoms with Gasteiger partial charge in [0.2, 0.25) is 0 Å². The van der Waals surface area contributed by atoms with E-state index in [0.29, 0.717) is 11.0 Å². The summed E-state index contributed by atoms with van der Waals surface area (Å²) in [5.74, 6) is -0.158. The van der Waals surface area contributed by atoms with E-state index < -0.39 is 18.3 Å². The predicted molar refractivity (Wildman–Crippen MR) is 78.1 cm³/mol. The highest BCUT2D eigenvalue weighted by molar-refractivity contribution is 6.63. The van der Waals surface area contributed by atoms with Gasteiger partial charge in [-0.3, -0.25) is 9.78 Å². The maximum Gasteiger partial charge on any atom is 0.497 e. The molecule has 0 atom stereocenters. The molecule has 108 valence electrons. The summed E-state index contributed by atoms with van der Waals surface area (Å²) in [7, 11) is 1.02. The maximum absolute atomic E-state index is 12.1. The minimum atomic E-state index is -0.584. The van der Waals surface area contributed by atoms with E-state index in [2.05, 4.69) is 10.3 Å². The van der Waals surface area contributed by atoms with E-state index >= 15 is 0 Å². The largest absolute Gasteiger partial charge is 0.497 e. The summed E-state index contributed by atoms with van der Waals surface area (Å²) in [6, 6.07) is 0. The molecule has 5 nitrogen and oxygen atoms in total. The Kier molecular flexibility index (Phi) is 3.65. The average Bonchev–Trinajstić information content (AvgIpc) is 2.57. The Hall–Kier alpha value is -1.40. The van der Waals surface area contributed by atoms with Crippen molar-refractivity contribution in [2.24, 2.45) is 0 Å². The second kappa shape index (κ2) is 4.86. The number of pyridine rings is 1. The highest BCUT2D eigenvalue weighted by Gasteiger charge is 2.52. The number of amides is 1. The van der Waals surface area contributed by atoms with E-state index in [1.807, 2.05) is 34.6 Å². The summed E-state index contributed by atoms with van der Waals surface area (Å²) in [6.45, 7) is 9.78. The zero-order valence-corrected chi connectivity index (χ0v) is 12.9. The second-order valence-electron chi connectivity index (χ2n) is 6.09. The zero-order chi connectivity index (χ0) is 15.1. The molecule has 1 aliphatic heterocycles. The van der Waals surface area contributed by atoms with Crippen molar-refractivity contribution in [2.45, 2.75) is 45.8 Å². The molecule has 0 unspecified atom stereocenters. The van der Waals surface area contributed by atoms with Crippen LogP contribution in [0.2, 0.25) is 0 Å². The molecule has 0 spiro atoms. The number of aryl methyl sites for hydroxylation is 1. The molecule has 0 saturated carbocycles. The van der Waals surface area contributed by atoms with E-state index in [1.54, 1.807) is 19.4 Å².